The Morgan fingerprint density at radius 2 is 0.727 bits per heavy atom. The van der Waals surface area contributed by atoms with Crippen molar-refractivity contribution in [2.45, 2.75) is 0 Å². The van der Waals surface area contributed by atoms with Crippen LogP contribution in [-0.2, 0) is 19.5 Å². The van der Waals surface area contributed by atoms with Crippen molar-refractivity contribution in [3.8, 4) is 0 Å². The van der Waals surface area contributed by atoms with E-state index in [-0.39, 0.29) is 36.3 Å². The first-order valence-corrected chi connectivity index (χ1v) is 17.1. The molecule has 1 radical (unpaired) electrons. The molecule has 0 bridgehead atoms. The monoisotopic (exact) mass is 935 g/mol. The van der Waals surface area contributed by atoms with E-state index in [1.807, 2.05) is 60.7 Å². The summed E-state index contributed by atoms with van der Waals surface area (Å²) in [4.78, 5) is 27.9. The predicted octanol–water partition coefficient (Wildman–Crippen LogP) is 8.19. The Balaban J connectivity index is 0.000000700. The van der Waals surface area contributed by atoms with Crippen LogP contribution in [0.1, 0.15) is 0 Å². The Morgan fingerprint density at radius 1 is 0.436 bits per heavy atom. The summed E-state index contributed by atoms with van der Waals surface area (Å²) in [6.07, 6.45) is 3.28. The maximum Gasteiger partial charge on any atom is 1.00 e. The van der Waals surface area contributed by atoms with Gasteiger partial charge < -0.3 is 5.48 Å². The van der Waals surface area contributed by atoms with Gasteiger partial charge in [0.25, 0.3) is 0 Å². The Hall–Kier alpha value is -4.55. The molecule has 21 heteroatoms. The number of hydrogen-bond donors (Lipinski definition) is 0. The summed E-state index contributed by atoms with van der Waals surface area (Å²) in [7, 11) is -4.94. The van der Waals surface area contributed by atoms with Crippen molar-refractivity contribution in [2.24, 2.45) is 30.8 Å². The number of azo groups is 2. The van der Waals surface area contributed by atoms with Crippen LogP contribution in [0.25, 0.3) is 0 Å². The third-order valence-electron chi connectivity index (χ3n) is 5.42. The zero-order chi connectivity index (χ0) is 38.9. The molecule has 55 heavy (non-hydrogen) atoms. The first-order chi connectivity index (χ1) is 25.4. The summed E-state index contributed by atoms with van der Waals surface area (Å²) in [5.74, 6) is 1.02. The van der Waals surface area contributed by atoms with Crippen LogP contribution in [0.5, 0.6) is 0 Å². The van der Waals surface area contributed by atoms with Crippen molar-refractivity contribution >= 4 is 80.8 Å². The molecule has 0 aliphatic heterocycles. The van der Waals surface area contributed by atoms with Crippen LogP contribution in [0.15, 0.2) is 177 Å². The summed E-state index contributed by atoms with van der Waals surface area (Å²) in [5, 5.41) is 22.9. The summed E-state index contributed by atoms with van der Waals surface area (Å²) >= 11 is 23.7. The minimum atomic E-state index is -4.94. The van der Waals surface area contributed by atoms with Gasteiger partial charge in [0.05, 0.1) is 20.1 Å². The number of pyridine rings is 2. The summed E-state index contributed by atoms with van der Waals surface area (Å²) in [5.41, 5.74) is 1.07. The molecule has 2 aromatic heterocycles. The molecule has 15 nitrogen and oxygen atoms in total. The summed E-state index contributed by atoms with van der Waals surface area (Å²) in [6.45, 7) is 0. The molecule has 0 saturated heterocycles. The van der Waals surface area contributed by atoms with Crippen LogP contribution >= 0.6 is 46.4 Å². The van der Waals surface area contributed by atoms with Crippen molar-refractivity contribution in [1.29, 1.82) is 0 Å². The molecule has 6 rings (SSSR count). The standard InChI is InChI=1S/2C11H7Cl2N3.C6H4N2O2.C6H6.ClHO4.H2O.Ru/c2*12-8-4-3-5-9(13)11(8)16-15-10-6-1-2-7-14-10;9-7-5-3-1-2-4-6(5)8-10;1-2-4-6-5-3-1;2-1(3,4)5;;/h2*1-7H;1-4H;1-6H;(H,2,3,4,5);1H2;/q;;;;;;+1/p-1. The minimum absolute atomic E-state index is 0. The van der Waals surface area contributed by atoms with Crippen LogP contribution in [0, 0.1) is 20.1 Å². The number of nitrogens with zero attached hydrogens (tertiary/aromatic N) is 8. The number of rotatable bonds is 6. The topological polar surface area (TPSA) is 258 Å². The Labute approximate surface area is 349 Å². The second kappa shape index (κ2) is 28.8. The molecular formula is C34H26Cl5N8O7Ru. The molecule has 287 valence electrons. The molecule has 0 unspecified atom stereocenters. The van der Waals surface area contributed by atoms with E-state index in [1.54, 1.807) is 73.1 Å². The quantitative estimate of drug-likeness (QED) is 0.0891. The minimum Gasteiger partial charge on any atom is -0.412 e. The number of benzene rings is 4. The van der Waals surface area contributed by atoms with Gasteiger partial charge in [-0.3, -0.25) is 0 Å². The van der Waals surface area contributed by atoms with Crippen molar-refractivity contribution < 1.29 is 53.8 Å². The fourth-order valence-electron chi connectivity index (χ4n) is 3.20. The second-order valence-corrected chi connectivity index (χ2v) is 11.5. The average Bonchev–Trinajstić information content (AvgIpc) is 3.16. The number of aromatic nitrogens is 2. The molecule has 0 saturated carbocycles. The maximum absolute atomic E-state index is 9.94. The Kier molecular flexibility index (Phi) is 26.5. The van der Waals surface area contributed by atoms with Crippen LogP contribution in [0.2, 0.25) is 20.1 Å². The van der Waals surface area contributed by atoms with Gasteiger partial charge in [-0.25, -0.2) is 28.6 Å². The zero-order valence-electron chi connectivity index (χ0n) is 27.6. The molecule has 0 aliphatic rings. The van der Waals surface area contributed by atoms with Crippen molar-refractivity contribution in [2.75, 3.05) is 0 Å². The molecule has 0 aliphatic carbocycles. The summed E-state index contributed by atoms with van der Waals surface area (Å²) in [6, 6.07) is 39.2. The molecular weight excluding hydrogens is 911 g/mol. The molecule has 0 amide bonds. The molecule has 6 aromatic rings. The van der Waals surface area contributed by atoms with Crippen LogP contribution in [0.3, 0.4) is 0 Å². The van der Waals surface area contributed by atoms with Gasteiger partial charge in [0.2, 0.25) is 0 Å². The van der Waals surface area contributed by atoms with Gasteiger partial charge in [-0.1, -0.05) is 119 Å². The SMILES string of the molecule is Clc1cccc(Cl)c1N=Nc1ccccn1.Clc1cccc(Cl)c1N=Nc1ccccn1.O.O=Nc1ccccc1N=O.[O-][Cl+3]([O-])([O-])[O-].[Ru+].c1ccccc1. The molecule has 4 aromatic carbocycles. The van der Waals surface area contributed by atoms with E-state index in [1.165, 1.54) is 12.1 Å². The first-order valence-electron chi connectivity index (χ1n) is 14.3. The largest absolute Gasteiger partial charge is 1.00 e. The van der Waals surface area contributed by atoms with Crippen molar-refractivity contribution in [3.05, 3.63) is 176 Å². The third-order valence-corrected chi connectivity index (χ3v) is 6.64. The first kappa shape index (κ1) is 50.5. The maximum atomic E-state index is 9.94. The smallest absolute Gasteiger partial charge is 0.412 e. The van der Waals surface area contributed by atoms with E-state index in [4.69, 9.17) is 65.0 Å². The summed E-state index contributed by atoms with van der Waals surface area (Å²) < 4.78 is 34.0. The van der Waals surface area contributed by atoms with Crippen LogP contribution in [-0.4, -0.2) is 15.4 Å². The van der Waals surface area contributed by atoms with Crippen LogP contribution in [0.4, 0.5) is 34.4 Å². The van der Waals surface area contributed by atoms with Crippen LogP contribution < -0.4 is 18.6 Å². The molecule has 2 heterocycles. The van der Waals surface area contributed by atoms with Gasteiger partial charge in [0.1, 0.15) is 22.7 Å². The zero-order valence-corrected chi connectivity index (χ0v) is 33.1. The number of hydrogen-bond acceptors (Lipinski definition) is 14. The normalized spacial score (nSPS) is 9.89. The van der Waals surface area contributed by atoms with Gasteiger partial charge in [-0.15, -0.1) is 40.5 Å². The van der Waals surface area contributed by atoms with Gasteiger partial charge in [-0.2, -0.15) is 0 Å². The van der Waals surface area contributed by atoms with E-state index in [0.717, 1.165) is 0 Å². The van der Waals surface area contributed by atoms with Crippen molar-refractivity contribution in [3.63, 3.8) is 0 Å². The molecule has 0 atom stereocenters. The van der Waals surface area contributed by atoms with Gasteiger partial charge in [0, 0.05) is 12.4 Å². The Bertz CT molecular complexity index is 1840. The number of halogens is 5. The fraction of sp³-hybridized carbons (Fsp3) is 0. The second-order valence-electron chi connectivity index (χ2n) is 9.12. The fourth-order valence-corrected chi connectivity index (χ4v) is 4.15. The molecule has 0 spiro atoms. The molecule has 2 N–H and O–H groups in total. The van der Waals surface area contributed by atoms with E-state index in [2.05, 4.69) is 40.8 Å². The number of nitroso groups, excluding NO2 is 2. The van der Waals surface area contributed by atoms with Gasteiger partial charge >= 0.3 is 19.5 Å². The Morgan fingerprint density at radius 3 is 0.982 bits per heavy atom. The van der Waals surface area contributed by atoms with E-state index in [0.29, 0.717) is 43.1 Å². The molecule has 0 fully saturated rings. The average molecular weight is 937 g/mol. The van der Waals surface area contributed by atoms with E-state index in [9.17, 15) is 9.81 Å². The predicted molar refractivity (Wildman–Crippen MR) is 197 cm³/mol. The third kappa shape index (κ3) is 22.4. The van der Waals surface area contributed by atoms with Crippen molar-refractivity contribution in [1.82, 2.24) is 9.97 Å². The van der Waals surface area contributed by atoms with E-state index < -0.39 is 10.2 Å². The van der Waals surface area contributed by atoms with Gasteiger partial charge in [0.15, 0.2) is 11.6 Å². The van der Waals surface area contributed by atoms with E-state index >= 15 is 0 Å². The van der Waals surface area contributed by atoms with Gasteiger partial charge in [-0.05, 0) is 71.0 Å².